The van der Waals surface area contributed by atoms with E-state index in [0.717, 1.165) is 25.6 Å². The van der Waals surface area contributed by atoms with Crippen LogP contribution in [-0.4, -0.2) is 81.2 Å². The van der Waals surface area contributed by atoms with Gasteiger partial charge in [0.15, 0.2) is 12.2 Å². The number of ether oxygens (including phenoxy) is 4. The van der Waals surface area contributed by atoms with Crippen LogP contribution in [0.3, 0.4) is 0 Å². The molecule has 1 aromatic carbocycles. The van der Waals surface area contributed by atoms with E-state index in [-0.39, 0.29) is 30.0 Å². The number of nitrogens with zero attached hydrogens (tertiary/aromatic N) is 4. The number of fused-ring (bicyclic) bond motifs is 1. The topological polar surface area (TPSA) is 183 Å². The Morgan fingerprint density at radius 2 is 1.52 bits per heavy atom. The molecule has 1 aromatic heterocycles. The first-order chi connectivity index (χ1) is 18.9. The van der Waals surface area contributed by atoms with Gasteiger partial charge in [-0.15, -0.1) is 5.10 Å². The summed E-state index contributed by atoms with van der Waals surface area (Å²) in [7, 11) is 0. The van der Waals surface area contributed by atoms with Gasteiger partial charge in [-0.05, 0) is 24.3 Å². The van der Waals surface area contributed by atoms with Crippen molar-refractivity contribution in [2.45, 2.75) is 71.4 Å². The SMILES string of the molecule is CC(=O)C[C@H]1O[C@@H](On2cc(CN3C(=O)C(=O)c4ccccc43)nn2)[C@H](OC(C)=O)[C@@H](OC(C)=O)[C@@H]1OC(C)=O. The van der Waals surface area contributed by atoms with E-state index in [1.807, 2.05) is 0 Å². The fraction of sp³-hybridized carbons (Fsp3) is 0.440. The Hall–Kier alpha value is -4.66. The number of esters is 3. The van der Waals surface area contributed by atoms with Crippen molar-refractivity contribution in [3.05, 3.63) is 41.7 Å². The van der Waals surface area contributed by atoms with Crippen molar-refractivity contribution in [3.8, 4) is 0 Å². The summed E-state index contributed by atoms with van der Waals surface area (Å²) in [5.74, 6) is -4.03. The number of aromatic nitrogens is 3. The third kappa shape index (κ3) is 6.14. The number of para-hydroxylation sites is 1. The molecule has 0 spiro atoms. The molecule has 0 N–H and O–H groups in total. The molecule has 0 aliphatic carbocycles. The van der Waals surface area contributed by atoms with Crippen LogP contribution in [0.25, 0.3) is 0 Å². The standard InChI is InChI=1S/C25H26N4O11/c1-12(30)9-19-21(36-13(2)31)22(37-14(3)32)23(38-15(4)33)25(39-19)40-29-11-16(26-27-29)10-28-18-8-6-5-7-17(18)20(34)24(28)35/h5-8,11,19,21-23,25H,9-10H2,1-4H3/t19-,21-,22+,23-,25+/m1/s1. The summed E-state index contributed by atoms with van der Waals surface area (Å²) in [6.45, 7) is 4.50. The second-order valence-electron chi connectivity index (χ2n) is 9.13. The number of hydrogen-bond acceptors (Lipinski definition) is 13. The summed E-state index contributed by atoms with van der Waals surface area (Å²) >= 11 is 0. The molecule has 0 unspecified atom stereocenters. The van der Waals surface area contributed by atoms with Crippen LogP contribution in [0.2, 0.25) is 0 Å². The second-order valence-corrected chi connectivity index (χ2v) is 9.13. The predicted molar refractivity (Wildman–Crippen MR) is 129 cm³/mol. The lowest BCUT2D eigenvalue weighted by Crippen LogP contribution is -2.63. The maximum absolute atomic E-state index is 12.5. The van der Waals surface area contributed by atoms with Crippen molar-refractivity contribution in [2.24, 2.45) is 0 Å². The van der Waals surface area contributed by atoms with Gasteiger partial charge in [0.1, 0.15) is 17.6 Å². The third-order valence-electron chi connectivity index (χ3n) is 5.92. The van der Waals surface area contributed by atoms with Crippen molar-refractivity contribution in [2.75, 3.05) is 4.90 Å². The van der Waals surface area contributed by atoms with Gasteiger partial charge < -0.3 is 23.8 Å². The molecule has 2 aliphatic rings. The smallest absolute Gasteiger partial charge is 0.303 e. The Labute approximate surface area is 227 Å². The van der Waals surface area contributed by atoms with E-state index in [1.165, 1.54) is 18.0 Å². The van der Waals surface area contributed by atoms with Crippen LogP contribution in [0, 0.1) is 0 Å². The van der Waals surface area contributed by atoms with Gasteiger partial charge in [-0.2, -0.15) is 0 Å². The Morgan fingerprint density at radius 1 is 0.900 bits per heavy atom. The molecule has 4 rings (SSSR count). The van der Waals surface area contributed by atoms with Crippen molar-refractivity contribution < 1.29 is 52.6 Å². The fourth-order valence-electron chi connectivity index (χ4n) is 4.47. The number of benzene rings is 1. The molecule has 15 heteroatoms. The van der Waals surface area contributed by atoms with E-state index in [1.54, 1.807) is 24.3 Å². The van der Waals surface area contributed by atoms with Gasteiger partial charge in [-0.25, -0.2) is 0 Å². The van der Waals surface area contributed by atoms with E-state index >= 15 is 0 Å². The Morgan fingerprint density at radius 3 is 2.17 bits per heavy atom. The van der Waals surface area contributed by atoms with Crippen molar-refractivity contribution >= 4 is 41.1 Å². The summed E-state index contributed by atoms with van der Waals surface area (Å²) < 4.78 is 21.9. The van der Waals surface area contributed by atoms with E-state index in [0.29, 0.717) is 5.69 Å². The Balaban J connectivity index is 1.60. The van der Waals surface area contributed by atoms with Gasteiger partial charge in [0.2, 0.25) is 6.10 Å². The highest BCUT2D eigenvalue weighted by Gasteiger charge is 2.53. The van der Waals surface area contributed by atoms with Crippen molar-refractivity contribution in [1.82, 2.24) is 15.2 Å². The van der Waals surface area contributed by atoms with Crippen LogP contribution in [0.4, 0.5) is 5.69 Å². The first-order valence-electron chi connectivity index (χ1n) is 12.1. The Bertz CT molecular complexity index is 1360. The number of ketones is 2. The molecule has 2 aliphatic heterocycles. The van der Waals surface area contributed by atoms with Crippen molar-refractivity contribution in [1.29, 1.82) is 0 Å². The molecule has 5 atom stereocenters. The summed E-state index contributed by atoms with van der Waals surface area (Å²) in [4.78, 5) is 80.3. The van der Waals surface area contributed by atoms with Gasteiger partial charge in [0.25, 0.3) is 18.0 Å². The maximum Gasteiger partial charge on any atom is 0.303 e. The molecule has 0 radical (unpaired) electrons. The zero-order valence-corrected chi connectivity index (χ0v) is 22.0. The monoisotopic (exact) mass is 558 g/mol. The van der Waals surface area contributed by atoms with Gasteiger partial charge in [-0.3, -0.25) is 33.7 Å². The number of amides is 1. The number of anilines is 1. The zero-order chi connectivity index (χ0) is 29.1. The number of rotatable bonds is 9. The number of carbonyl (C=O) groups is 6. The largest absolute Gasteiger partial charge is 0.456 e. The van der Waals surface area contributed by atoms with E-state index < -0.39 is 60.3 Å². The minimum Gasteiger partial charge on any atom is -0.456 e. The lowest BCUT2D eigenvalue weighted by Gasteiger charge is -2.43. The highest BCUT2D eigenvalue weighted by atomic mass is 16.8. The van der Waals surface area contributed by atoms with E-state index in [2.05, 4.69) is 10.3 Å². The van der Waals surface area contributed by atoms with Crippen LogP contribution >= 0.6 is 0 Å². The molecule has 0 saturated carbocycles. The molecule has 15 nitrogen and oxygen atoms in total. The fourth-order valence-corrected chi connectivity index (χ4v) is 4.47. The summed E-state index contributed by atoms with van der Waals surface area (Å²) in [6, 6.07) is 6.51. The molecule has 3 heterocycles. The quantitative estimate of drug-likeness (QED) is 0.227. The normalized spacial score (nSPS) is 23.8. The van der Waals surface area contributed by atoms with Gasteiger partial charge >= 0.3 is 17.9 Å². The summed E-state index contributed by atoms with van der Waals surface area (Å²) in [5.41, 5.74) is 0.921. The van der Waals surface area contributed by atoms with E-state index in [9.17, 15) is 28.8 Å². The van der Waals surface area contributed by atoms with E-state index in [4.69, 9.17) is 23.8 Å². The number of hydrogen-bond donors (Lipinski definition) is 0. The van der Waals surface area contributed by atoms with Crippen LogP contribution in [-0.2, 0) is 49.5 Å². The van der Waals surface area contributed by atoms with Gasteiger partial charge in [-0.1, -0.05) is 17.0 Å². The number of Topliss-reactive ketones (excluding diaryl/α,β-unsaturated/α-hetero) is 2. The van der Waals surface area contributed by atoms with Gasteiger partial charge in [0.05, 0.1) is 24.0 Å². The molecule has 212 valence electrons. The average molecular weight is 559 g/mol. The predicted octanol–water partition coefficient (Wildman–Crippen LogP) is -0.0647. The Kier molecular flexibility index (Phi) is 8.23. The minimum atomic E-state index is -1.50. The maximum atomic E-state index is 12.5. The third-order valence-corrected chi connectivity index (χ3v) is 5.92. The summed E-state index contributed by atoms with van der Waals surface area (Å²) in [5, 5.41) is 7.81. The van der Waals surface area contributed by atoms with Crippen LogP contribution < -0.4 is 9.74 Å². The molecule has 0 bridgehead atoms. The number of carbonyl (C=O) groups excluding carboxylic acids is 6. The molecular formula is C25H26N4O11. The minimum absolute atomic E-state index is 0.110. The van der Waals surface area contributed by atoms with Gasteiger partial charge in [0, 0.05) is 27.2 Å². The zero-order valence-electron chi connectivity index (χ0n) is 22.0. The molecule has 1 saturated heterocycles. The van der Waals surface area contributed by atoms with Crippen LogP contribution in [0.5, 0.6) is 0 Å². The molecular weight excluding hydrogens is 532 g/mol. The lowest BCUT2D eigenvalue weighted by molar-refractivity contribution is -0.305. The lowest BCUT2D eigenvalue weighted by atomic mass is 9.95. The first-order valence-corrected chi connectivity index (χ1v) is 12.1. The highest BCUT2D eigenvalue weighted by Crippen LogP contribution is 2.31. The van der Waals surface area contributed by atoms with Crippen LogP contribution in [0.15, 0.2) is 30.5 Å². The van der Waals surface area contributed by atoms with Crippen molar-refractivity contribution in [3.63, 3.8) is 0 Å². The second kappa shape index (κ2) is 11.6. The molecule has 1 amide bonds. The molecule has 1 fully saturated rings. The highest BCUT2D eigenvalue weighted by molar-refractivity contribution is 6.52. The van der Waals surface area contributed by atoms with Crippen LogP contribution in [0.1, 0.15) is 50.2 Å². The summed E-state index contributed by atoms with van der Waals surface area (Å²) in [6.07, 6.45) is -5.77. The molecule has 2 aromatic rings. The molecule has 40 heavy (non-hydrogen) atoms. The average Bonchev–Trinajstić information content (AvgIpc) is 3.40. The first kappa shape index (κ1) is 28.4.